The summed E-state index contributed by atoms with van der Waals surface area (Å²) in [4.78, 5) is 24.1. The normalized spacial score (nSPS) is 16.2. The molecule has 0 bridgehead atoms. The van der Waals surface area contributed by atoms with Crippen molar-refractivity contribution in [1.29, 1.82) is 0 Å². The van der Waals surface area contributed by atoms with Crippen LogP contribution < -0.4 is 0 Å². The van der Waals surface area contributed by atoms with Gasteiger partial charge in [-0.2, -0.15) is 4.31 Å². The van der Waals surface area contributed by atoms with Gasteiger partial charge in [-0.25, -0.2) is 8.42 Å². The van der Waals surface area contributed by atoms with E-state index in [1.165, 1.54) is 16.6 Å². The molecule has 1 aliphatic heterocycles. The summed E-state index contributed by atoms with van der Waals surface area (Å²) < 4.78 is 30.6. The van der Waals surface area contributed by atoms with Crippen molar-refractivity contribution in [1.82, 2.24) is 14.4 Å². The Balaban J connectivity index is 1.76. The SMILES string of the molecule is O=C(O)CCCCC(=O)N1CCN(S(=O)(=O)Cc2ccon2)CC1. The summed E-state index contributed by atoms with van der Waals surface area (Å²) in [6.07, 6.45) is 2.66. The number of amides is 1. The Morgan fingerprint density at radius 2 is 1.83 bits per heavy atom. The average Bonchev–Trinajstić information content (AvgIpc) is 3.03. The van der Waals surface area contributed by atoms with Crippen molar-refractivity contribution in [2.45, 2.75) is 31.4 Å². The number of hydrogen-bond acceptors (Lipinski definition) is 6. The molecule has 0 spiro atoms. The fourth-order valence-corrected chi connectivity index (χ4v) is 3.94. The van der Waals surface area contributed by atoms with Gasteiger partial charge >= 0.3 is 5.97 Å². The third-order valence-electron chi connectivity index (χ3n) is 3.84. The van der Waals surface area contributed by atoms with Gasteiger partial charge in [0.2, 0.25) is 15.9 Å². The number of unbranched alkanes of at least 4 members (excludes halogenated alkanes) is 1. The fraction of sp³-hybridized carbons (Fsp3) is 0.643. The van der Waals surface area contributed by atoms with Crippen molar-refractivity contribution >= 4 is 21.9 Å². The van der Waals surface area contributed by atoms with Gasteiger partial charge in [0.15, 0.2) is 0 Å². The van der Waals surface area contributed by atoms with Crippen LogP contribution >= 0.6 is 0 Å². The lowest BCUT2D eigenvalue weighted by Crippen LogP contribution is -2.50. The molecular formula is C14H21N3O6S. The van der Waals surface area contributed by atoms with E-state index in [9.17, 15) is 18.0 Å². The molecular weight excluding hydrogens is 338 g/mol. The molecule has 134 valence electrons. The standard InChI is InChI=1S/C14H21N3O6S/c18-13(3-1-2-4-14(19)20)16-6-8-17(9-7-16)24(21,22)11-12-5-10-23-15-12/h5,10H,1-4,6-9,11H2,(H,19,20). The van der Waals surface area contributed by atoms with Crippen LogP contribution in [0, 0.1) is 0 Å². The second-order valence-electron chi connectivity index (χ2n) is 5.63. The van der Waals surface area contributed by atoms with Gasteiger partial charge in [0.05, 0.1) is 5.69 Å². The summed E-state index contributed by atoms with van der Waals surface area (Å²) in [5, 5.41) is 12.2. The van der Waals surface area contributed by atoms with Crippen LogP contribution in [0.1, 0.15) is 31.4 Å². The number of aliphatic carboxylic acids is 1. The number of sulfonamides is 1. The van der Waals surface area contributed by atoms with E-state index in [0.717, 1.165) is 0 Å². The van der Waals surface area contributed by atoms with Crippen LogP contribution in [0.2, 0.25) is 0 Å². The number of carboxylic acids is 1. The summed E-state index contributed by atoms with van der Waals surface area (Å²) in [5.41, 5.74) is 0.354. The molecule has 1 aromatic heterocycles. The topological polar surface area (TPSA) is 121 Å². The lowest BCUT2D eigenvalue weighted by Gasteiger charge is -2.34. The van der Waals surface area contributed by atoms with E-state index in [1.807, 2.05) is 0 Å². The Bertz CT molecular complexity index is 650. The maximum Gasteiger partial charge on any atom is 0.303 e. The first-order valence-corrected chi connectivity index (χ1v) is 9.36. The summed E-state index contributed by atoms with van der Waals surface area (Å²) in [6, 6.07) is 1.51. The van der Waals surface area contributed by atoms with E-state index in [2.05, 4.69) is 9.68 Å². The van der Waals surface area contributed by atoms with Gasteiger partial charge in [-0.1, -0.05) is 5.16 Å². The van der Waals surface area contributed by atoms with Crippen molar-refractivity contribution in [3.8, 4) is 0 Å². The van der Waals surface area contributed by atoms with Crippen LogP contribution in [0.4, 0.5) is 0 Å². The smallest absolute Gasteiger partial charge is 0.303 e. The van der Waals surface area contributed by atoms with Gasteiger partial charge in [0.25, 0.3) is 0 Å². The zero-order valence-electron chi connectivity index (χ0n) is 13.3. The summed E-state index contributed by atoms with van der Waals surface area (Å²) in [6.45, 7) is 1.19. The van der Waals surface area contributed by atoms with Crippen LogP contribution in [-0.4, -0.2) is 65.9 Å². The van der Waals surface area contributed by atoms with E-state index >= 15 is 0 Å². The van der Waals surface area contributed by atoms with Gasteiger partial charge in [-0.3, -0.25) is 9.59 Å². The molecule has 1 amide bonds. The molecule has 1 aromatic rings. The quantitative estimate of drug-likeness (QED) is 0.662. The molecule has 1 N–H and O–H groups in total. The lowest BCUT2D eigenvalue weighted by atomic mass is 10.1. The maximum atomic E-state index is 12.3. The molecule has 0 aliphatic carbocycles. The van der Waals surface area contributed by atoms with Gasteiger partial charge in [-0.15, -0.1) is 0 Å². The Labute approximate surface area is 140 Å². The van der Waals surface area contributed by atoms with Crippen LogP contribution in [0.15, 0.2) is 16.9 Å². The number of nitrogens with zero attached hydrogens (tertiary/aromatic N) is 3. The highest BCUT2D eigenvalue weighted by Gasteiger charge is 2.29. The van der Waals surface area contributed by atoms with Crippen LogP contribution in [-0.2, 0) is 25.4 Å². The number of aromatic nitrogens is 1. The van der Waals surface area contributed by atoms with E-state index in [0.29, 0.717) is 38.0 Å². The Morgan fingerprint density at radius 1 is 1.17 bits per heavy atom. The Morgan fingerprint density at radius 3 is 2.42 bits per heavy atom. The minimum absolute atomic E-state index is 0.0569. The molecule has 0 radical (unpaired) electrons. The lowest BCUT2D eigenvalue weighted by molar-refractivity contribution is -0.137. The zero-order chi connectivity index (χ0) is 17.6. The minimum Gasteiger partial charge on any atom is -0.481 e. The third kappa shape index (κ3) is 5.31. The summed E-state index contributed by atoms with van der Waals surface area (Å²) >= 11 is 0. The van der Waals surface area contributed by atoms with E-state index < -0.39 is 16.0 Å². The number of carbonyl (C=O) groups is 2. The van der Waals surface area contributed by atoms with Gasteiger partial charge in [0.1, 0.15) is 12.0 Å². The zero-order valence-corrected chi connectivity index (χ0v) is 14.1. The molecule has 1 aliphatic rings. The van der Waals surface area contributed by atoms with E-state index in [4.69, 9.17) is 5.11 Å². The first kappa shape index (κ1) is 18.4. The van der Waals surface area contributed by atoms with Crippen molar-refractivity contribution in [2.24, 2.45) is 0 Å². The van der Waals surface area contributed by atoms with Gasteiger partial charge < -0.3 is 14.5 Å². The minimum atomic E-state index is -3.48. The van der Waals surface area contributed by atoms with E-state index in [-0.39, 0.29) is 31.2 Å². The monoisotopic (exact) mass is 359 g/mol. The van der Waals surface area contributed by atoms with Crippen molar-refractivity contribution in [3.63, 3.8) is 0 Å². The molecule has 9 nitrogen and oxygen atoms in total. The maximum absolute atomic E-state index is 12.3. The molecule has 0 unspecified atom stereocenters. The predicted octanol–water partition coefficient (Wildman–Crippen LogP) is 0.294. The first-order chi connectivity index (χ1) is 11.4. The fourth-order valence-electron chi connectivity index (χ4n) is 2.52. The molecule has 1 fully saturated rings. The van der Waals surface area contributed by atoms with Gasteiger partial charge in [-0.05, 0) is 12.8 Å². The molecule has 0 saturated carbocycles. The van der Waals surface area contributed by atoms with E-state index in [1.54, 1.807) is 4.90 Å². The van der Waals surface area contributed by atoms with Crippen LogP contribution in [0.5, 0.6) is 0 Å². The Kier molecular flexibility index (Phi) is 6.32. The highest BCUT2D eigenvalue weighted by molar-refractivity contribution is 7.88. The largest absolute Gasteiger partial charge is 0.481 e. The number of rotatable bonds is 8. The van der Waals surface area contributed by atoms with Crippen LogP contribution in [0.25, 0.3) is 0 Å². The highest BCUT2D eigenvalue weighted by Crippen LogP contribution is 2.14. The predicted molar refractivity (Wildman–Crippen MR) is 83.4 cm³/mol. The molecule has 24 heavy (non-hydrogen) atoms. The average molecular weight is 359 g/mol. The molecule has 10 heteroatoms. The number of piperazine rings is 1. The first-order valence-electron chi connectivity index (χ1n) is 7.75. The number of carboxylic acid groups (broad SMARTS) is 1. The van der Waals surface area contributed by atoms with Crippen molar-refractivity contribution in [3.05, 3.63) is 18.0 Å². The molecule has 2 heterocycles. The Hall–Kier alpha value is -1.94. The number of hydrogen-bond donors (Lipinski definition) is 1. The molecule has 2 rings (SSSR count). The number of carbonyl (C=O) groups excluding carboxylic acids is 1. The van der Waals surface area contributed by atoms with Crippen molar-refractivity contribution in [2.75, 3.05) is 26.2 Å². The molecule has 1 saturated heterocycles. The van der Waals surface area contributed by atoms with Crippen molar-refractivity contribution < 1.29 is 27.6 Å². The highest BCUT2D eigenvalue weighted by atomic mass is 32.2. The second-order valence-corrected chi connectivity index (χ2v) is 7.60. The third-order valence-corrected chi connectivity index (χ3v) is 5.65. The summed E-state index contributed by atoms with van der Waals surface area (Å²) in [7, 11) is -3.48. The molecule has 0 aromatic carbocycles. The second kappa shape index (κ2) is 8.25. The summed E-state index contributed by atoms with van der Waals surface area (Å²) in [5.74, 6) is -1.14. The molecule has 0 atom stereocenters. The van der Waals surface area contributed by atoms with Crippen LogP contribution in [0.3, 0.4) is 0 Å². The van der Waals surface area contributed by atoms with Gasteiger partial charge in [0, 0.05) is 45.1 Å².